The third-order valence-electron chi connectivity index (χ3n) is 4.57. The van der Waals surface area contributed by atoms with Crippen molar-refractivity contribution in [1.82, 2.24) is 19.7 Å². The van der Waals surface area contributed by atoms with E-state index in [4.69, 9.17) is 4.74 Å². The van der Waals surface area contributed by atoms with Gasteiger partial charge in [-0.25, -0.2) is 0 Å². The molecular weight excluding hydrogens is 378 g/mol. The second-order valence-electron chi connectivity index (χ2n) is 6.72. The molecule has 1 atom stereocenters. The number of anilines is 1. The Morgan fingerprint density at radius 3 is 2.96 bits per heavy atom. The molecule has 1 N–H and O–H groups in total. The summed E-state index contributed by atoms with van der Waals surface area (Å²) in [5, 5.41) is 11.2. The molecule has 2 heterocycles. The lowest BCUT2D eigenvalue weighted by Gasteiger charge is -2.24. The van der Waals surface area contributed by atoms with Crippen LogP contribution in [0.3, 0.4) is 0 Å². The average Bonchev–Trinajstić information content (AvgIpc) is 3.35. The van der Waals surface area contributed by atoms with Crippen molar-refractivity contribution in [2.24, 2.45) is 13.0 Å². The lowest BCUT2D eigenvalue weighted by atomic mass is 10.1. The molecule has 0 saturated carbocycles. The summed E-state index contributed by atoms with van der Waals surface area (Å²) in [6.45, 7) is 4.79. The molecule has 8 nitrogen and oxygen atoms in total. The first-order valence-electron chi connectivity index (χ1n) is 9.30. The second-order valence-corrected chi connectivity index (χ2v) is 7.66. The summed E-state index contributed by atoms with van der Waals surface area (Å²) in [7, 11) is 1.83. The first-order chi connectivity index (χ1) is 13.6. The van der Waals surface area contributed by atoms with Crippen LogP contribution >= 0.6 is 11.8 Å². The number of carbonyl (C=O) groups excluding carboxylic acids is 2. The van der Waals surface area contributed by atoms with Gasteiger partial charge in [0.15, 0.2) is 5.16 Å². The van der Waals surface area contributed by atoms with Gasteiger partial charge in [0.2, 0.25) is 5.91 Å². The van der Waals surface area contributed by atoms with E-state index < -0.39 is 0 Å². The predicted octanol–water partition coefficient (Wildman–Crippen LogP) is 2.04. The Balaban J connectivity index is 1.58. The van der Waals surface area contributed by atoms with E-state index in [9.17, 15) is 9.59 Å². The molecule has 0 spiro atoms. The number of aromatic nitrogens is 3. The average molecular weight is 404 g/mol. The Kier molecular flexibility index (Phi) is 7.05. The van der Waals surface area contributed by atoms with E-state index >= 15 is 0 Å². The molecule has 0 bridgehead atoms. The molecule has 3 rings (SSSR count). The summed E-state index contributed by atoms with van der Waals surface area (Å²) >= 11 is 1.31. The molecule has 0 radical (unpaired) electrons. The SMILES string of the molecule is CCN(CC1CCOC1)C(=O)c1cccc(NC(=O)CSc2nncn2C)c1. The molecule has 2 aromatic rings. The topological polar surface area (TPSA) is 89.3 Å². The van der Waals surface area contributed by atoms with Gasteiger partial charge in [-0.2, -0.15) is 0 Å². The normalized spacial score (nSPS) is 16.1. The van der Waals surface area contributed by atoms with E-state index in [1.54, 1.807) is 35.2 Å². The maximum Gasteiger partial charge on any atom is 0.253 e. The zero-order chi connectivity index (χ0) is 19.9. The molecule has 28 heavy (non-hydrogen) atoms. The van der Waals surface area contributed by atoms with Crippen molar-refractivity contribution < 1.29 is 14.3 Å². The number of thioether (sulfide) groups is 1. The second kappa shape index (κ2) is 9.70. The third kappa shape index (κ3) is 5.32. The van der Waals surface area contributed by atoms with Gasteiger partial charge in [0.1, 0.15) is 6.33 Å². The van der Waals surface area contributed by atoms with Gasteiger partial charge in [0, 0.05) is 43.9 Å². The molecule has 1 unspecified atom stereocenters. The van der Waals surface area contributed by atoms with E-state index in [2.05, 4.69) is 15.5 Å². The number of amides is 2. The molecule has 1 saturated heterocycles. The standard InChI is InChI=1S/C19H25N5O3S/c1-3-24(10-14-7-8-27-11-14)18(26)15-5-4-6-16(9-15)21-17(25)12-28-19-22-20-13-23(19)2/h4-6,9,13-14H,3,7-8,10-12H2,1-2H3,(H,21,25). The van der Waals surface area contributed by atoms with Crippen LogP contribution < -0.4 is 5.32 Å². The first-order valence-corrected chi connectivity index (χ1v) is 10.3. The molecule has 150 valence electrons. The highest BCUT2D eigenvalue weighted by molar-refractivity contribution is 7.99. The van der Waals surface area contributed by atoms with Crippen molar-refractivity contribution in [2.75, 3.05) is 37.4 Å². The molecule has 1 aliphatic rings. The minimum atomic E-state index is -0.159. The van der Waals surface area contributed by atoms with Crippen LogP contribution in [0.4, 0.5) is 5.69 Å². The highest BCUT2D eigenvalue weighted by Crippen LogP contribution is 2.18. The summed E-state index contributed by atoms with van der Waals surface area (Å²) in [6.07, 6.45) is 2.58. The fourth-order valence-corrected chi connectivity index (χ4v) is 3.73. The van der Waals surface area contributed by atoms with E-state index in [0.29, 0.717) is 42.0 Å². The lowest BCUT2D eigenvalue weighted by molar-refractivity contribution is -0.113. The number of carbonyl (C=O) groups is 2. The molecule has 1 aliphatic heterocycles. The van der Waals surface area contributed by atoms with Crippen LogP contribution in [-0.4, -0.2) is 63.5 Å². The monoisotopic (exact) mass is 403 g/mol. The van der Waals surface area contributed by atoms with Crippen LogP contribution in [-0.2, 0) is 16.6 Å². The summed E-state index contributed by atoms with van der Waals surface area (Å²) in [5.74, 6) is 0.421. The Labute approximate surface area is 168 Å². The lowest BCUT2D eigenvalue weighted by Crippen LogP contribution is -2.35. The number of benzene rings is 1. The van der Waals surface area contributed by atoms with Crippen molar-refractivity contribution in [3.8, 4) is 0 Å². The maximum absolute atomic E-state index is 12.9. The number of nitrogens with one attached hydrogen (secondary N) is 1. The summed E-state index contributed by atoms with van der Waals surface area (Å²) in [5.41, 5.74) is 1.18. The van der Waals surface area contributed by atoms with Gasteiger partial charge in [-0.15, -0.1) is 10.2 Å². The van der Waals surface area contributed by atoms with Gasteiger partial charge in [0.25, 0.3) is 5.91 Å². The van der Waals surface area contributed by atoms with E-state index in [-0.39, 0.29) is 17.6 Å². The van der Waals surface area contributed by atoms with Crippen LogP contribution in [0.25, 0.3) is 0 Å². The molecule has 1 aromatic heterocycles. The third-order valence-corrected chi connectivity index (χ3v) is 5.60. The summed E-state index contributed by atoms with van der Waals surface area (Å²) in [4.78, 5) is 26.9. The minimum Gasteiger partial charge on any atom is -0.381 e. The molecule has 0 aliphatic carbocycles. The first kappa shape index (κ1) is 20.3. The number of aryl methyl sites for hydroxylation is 1. The van der Waals surface area contributed by atoms with Gasteiger partial charge in [-0.3, -0.25) is 9.59 Å². The van der Waals surface area contributed by atoms with Crippen molar-refractivity contribution >= 4 is 29.3 Å². The number of nitrogens with zero attached hydrogens (tertiary/aromatic N) is 4. The number of ether oxygens (including phenoxy) is 1. The zero-order valence-corrected chi connectivity index (χ0v) is 16.9. The molecule has 1 aromatic carbocycles. The Bertz CT molecular complexity index is 819. The van der Waals surface area contributed by atoms with Crippen molar-refractivity contribution in [2.45, 2.75) is 18.5 Å². The number of rotatable bonds is 8. The van der Waals surface area contributed by atoms with E-state index in [1.807, 2.05) is 18.9 Å². The Hall–Kier alpha value is -2.39. The van der Waals surface area contributed by atoms with Crippen molar-refractivity contribution in [3.63, 3.8) is 0 Å². The Morgan fingerprint density at radius 2 is 2.29 bits per heavy atom. The van der Waals surface area contributed by atoms with Gasteiger partial charge < -0.3 is 19.5 Å². The molecule has 2 amide bonds. The van der Waals surface area contributed by atoms with Gasteiger partial charge in [-0.1, -0.05) is 17.8 Å². The minimum absolute atomic E-state index is 0.0287. The highest BCUT2D eigenvalue weighted by atomic mass is 32.2. The number of hydrogen-bond acceptors (Lipinski definition) is 6. The smallest absolute Gasteiger partial charge is 0.253 e. The quantitative estimate of drug-likeness (QED) is 0.679. The van der Waals surface area contributed by atoms with Gasteiger partial charge >= 0.3 is 0 Å². The molecule has 9 heteroatoms. The summed E-state index contributed by atoms with van der Waals surface area (Å²) < 4.78 is 7.17. The fraction of sp³-hybridized carbons (Fsp3) is 0.474. The number of hydrogen-bond donors (Lipinski definition) is 1. The van der Waals surface area contributed by atoms with Crippen LogP contribution in [0, 0.1) is 5.92 Å². The van der Waals surface area contributed by atoms with Crippen LogP contribution in [0.15, 0.2) is 35.7 Å². The van der Waals surface area contributed by atoms with Gasteiger partial charge in [0.05, 0.1) is 12.4 Å². The van der Waals surface area contributed by atoms with Crippen molar-refractivity contribution in [1.29, 1.82) is 0 Å². The maximum atomic E-state index is 12.9. The van der Waals surface area contributed by atoms with Crippen LogP contribution in [0.2, 0.25) is 0 Å². The van der Waals surface area contributed by atoms with Crippen molar-refractivity contribution in [3.05, 3.63) is 36.2 Å². The largest absolute Gasteiger partial charge is 0.381 e. The fourth-order valence-electron chi connectivity index (χ4n) is 3.04. The zero-order valence-electron chi connectivity index (χ0n) is 16.1. The highest BCUT2D eigenvalue weighted by Gasteiger charge is 2.22. The van der Waals surface area contributed by atoms with E-state index in [0.717, 1.165) is 13.0 Å². The van der Waals surface area contributed by atoms with E-state index in [1.165, 1.54) is 11.8 Å². The van der Waals surface area contributed by atoms with Gasteiger partial charge in [-0.05, 0) is 31.5 Å². The van der Waals surface area contributed by atoms with Crippen LogP contribution in [0.1, 0.15) is 23.7 Å². The predicted molar refractivity (Wildman–Crippen MR) is 107 cm³/mol. The molecular formula is C19H25N5O3S. The Morgan fingerprint density at radius 1 is 1.43 bits per heavy atom. The van der Waals surface area contributed by atoms with Crippen LogP contribution in [0.5, 0.6) is 0 Å². The molecule has 1 fully saturated rings. The summed E-state index contributed by atoms with van der Waals surface area (Å²) in [6, 6.07) is 7.06.